The number of nitrogen functional groups attached to an aromatic ring is 1. The van der Waals surface area contributed by atoms with Gasteiger partial charge in [0, 0.05) is 11.8 Å². The fourth-order valence-electron chi connectivity index (χ4n) is 2.10. The Morgan fingerprint density at radius 2 is 1.94 bits per heavy atom. The van der Waals surface area contributed by atoms with Crippen molar-refractivity contribution in [1.29, 1.82) is 0 Å². The summed E-state index contributed by atoms with van der Waals surface area (Å²) in [5, 5.41) is 4.01. The van der Waals surface area contributed by atoms with Crippen LogP contribution in [0.4, 0.5) is 5.82 Å². The van der Waals surface area contributed by atoms with E-state index < -0.39 is 0 Å². The Morgan fingerprint density at radius 1 is 1.17 bits per heavy atom. The molecule has 0 atom stereocenters. The third-order valence-electron chi connectivity index (χ3n) is 3.12. The number of nitrogens with two attached hydrogens (primary N) is 1. The summed E-state index contributed by atoms with van der Waals surface area (Å²) in [6.07, 6.45) is 10.2. The number of rotatable bonds is 7. The van der Waals surface area contributed by atoms with Crippen molar-refractivity contribution in [2.24, 2.45) is 0 Å². The first-order valence-corrected chi connectivity index (χ1v) is 6.76. The summed E-state index contributed by atoms with van der Waals surface area (Å²) < 4.78 is 1.56. The second-order valence-corrected chi connectivity index (χ2v) is 4.66. The zero-order valence-corrected chi connectivity index (χ0v) is 11.0. The van der Waals surface area contributed by atoms with Crippen molar-refractivity contribution in [3.8, 4) is 0 Å². The molecule has 0 unspecified atom stereocenters. The average molecular weight is 247 g/mol. The van der Waals surface area contributed by atoms with Crippen LogP contribution in [0.2, 0.25) is 0 Å². The van der Waals surface area contributed by atoms with Crippen molar-refractivity contribution in [1.82, 2.24) is 19.6 Å². The van der Waals surface area contributed by atoms with Crippen molar-refractivity contribution in [3.05, 3.63) is 18.1 Å². The van der Waals surface area contributed by atoms with E-state index >= 15 is 0 Å². The molecule has 5 heteroatoms. The maximum atomic E-state index is 5.89. The quantitative estimate of drug-likeness (QED) is 0.763. The Kier molecular flexibility index (Phi) is 4.50. The lowest BCUT2D eigenvalue weighted by Crippen LogP contribution is -2.03. The van der Waals surface area contributed by atoms with Crippen LogP contribution < -0.4 is 5.73 Å². The molecule has 0 saturated carbocycles. The van der Waals surface area contributed by atoms with Gasteiger partial charge in [0.25, 0.3) is 5.78 Å². The highest BCUT2D eigenvalue weighted by atomic mass is 15.3. The summed E-state index contributed by atoms with van der Waals surface area (Å²) >= 11 is 0. The molecule has 0 radical (unpaired) electrons. The van der Waals surface area contributed by atoms with Crippen LogP contribution in [0.3, 0.4) is 0 Å². The van der Waals surface area contributed by atoms with Gasteiger partial charge in [0.1, 0.15) is 12.1 Å². The average Bonchev–Trinajstić information content (AvgIpc) is 2.82. The first-order chi connectivity index (χ1) is 8.81. The lowest BCUT2D eigenvalue weighted by atomic mass is 10.1. The molecule has 0 amide bonds. The van der Waals surface area contributed by atoms with Gasteiger partial charge in [-0.3, -0.25) is 0 Å². The van der Waals surface area contributed by atoms with Gasteiger partial charge < -0.3 is 5.73 Å². The van der Waals surface area contributed by atoms with Gasteiger partial charge in [-0.2, -0.15) is 14.6 Å². The van der Waals surface area contributed by atoms with Crippen LogP contribution in [0.25, 0.3) is 5.78 Å². The minimum atomic E-state index is 0.594. The molecule has 2 aromatic heterocycles. The number of hydrogen-bond acceptors (Lipinski definition) is 4. The van der Waals surface area contributed by atoms with Gasteiger partial charge in [-0.1, -0.05) is 39.0 Å². The monoisotopic (exact) mass is 247 g/mol. The third kappa shape index (κ3) is 3.18. The maximum Gasteiger partial charge on any atom is 0.254 e. The fraction of sp³-hybridized carbons (Fsp3) is 0.615. The highest BCUT2D eigenvalue weighted by molar-refractivity contribution is 5.41. The molecule has 0 aromatic carbocycles. The second-order valence-electron chi connectivity index (χ2n) is 4.66. The first-order valence-electron chi connectivity index (χ1n) is 6.76. The predicted molar refractivity (Wildman–Crippen MR) is 72.3 cm³/mol. The van der Waals surface area contributed by atoms with Crippen LogP contribution in [0.5, 0.6) is 0 Å². The van der Waals surface area contributed by atoms with E-state index in [1.54, 1.807) is 4.52 Å². The Morgan fingerprint density at radius 3 is 2.78 bits per heavy atom. The van der Waals surface area contributed by atoms with E-state index in [4.69, 9.17) is 5.73 Å². The molecule has 0 bridgehead atoms. The minimum absolute atomic E-state index is 0.594. The third-order valence-corrected chi connectivity index (χ3v) is 3.12. The van der Waals surface area contributed by atoms with Crippen molar-refractivity contribution in [2.45, 2.75) is 51.9 Å². The van der Waals surface area contributed by atoms with Gasteiger partial charge >= 0.3 is 0 Å². The molecule has 98 valence electrons. The van der Waals surface area contributed by atoms with Gasteiger partial charge in [0.15, 0.2) is 0 Å². The minimum Gasteiger partial charge on any atom is -0.383 e. The summed E-state index contributed by atoms with van der Waals surface area (Å²) in [6.45, 7) is 2.24. The van der Waals surface area contributed by atoms with E-state index in [9.17, 15) is 0 Å². The summed E-state index contributed by atoms with van der Waals surface area (Å²) in [7, 11) is 0. The number of anilines is 1. The highest BCUT2D eigenvalue weighted by Crippen LogP contribution is 2.11. The molecule has 0 aliphatic heterocycles. The number of nitrogens with zero attached hydrogens (tertiary/aromatic N) is 4. The van der Waals surface area contributed by atoms with E-state index in [0.29, 0.717) is 11.6 Å². The zero-order chi connectivity index (χ0) is 12.8. The Labute approximate surface area is 107 Å². The fourth-order valence-corrected chi connectivity index (χ4v) is 2.10. The molecule has 2 rings (SSSR count). The number of aromatic nitrogens is 4. The van der Waals surface area contributed by atoms with Gasteiger partial charge in [0.2, 0.25) is 0 Å². The van der Waals surface area contributed by atoms with Crippen LogP contribution in [-0.4, -0.2) is 19.6 Å². The molecule has 0 fully saturated rings. The summed E-state index contributed by atoms with van der Waals surface area (Å²) in [6, 6.07) is 1.90. The van der Waals surface area contributed by atoms with E-state index in [-0.39, 0.29) is 0 Å². The zero-order valence-electron chi connectivity index (χ0n) is 11.0. The molecule has 0 saturated heterocycles. The summed E-state index contributed by atoms with van der Waals surface area (Å²) in [5.41, 5.74) is 6.91. The SMILES string of the molecule is CCCCCCCCc1cc(N)n2ncnc2n1. The molecular weight excluding hydrogens is 226 g/mol. The van der Waals surface area contributed by atoms with Crippen molar-refractivity contribution < 1.29 is 0 Å². The maximum absolute atomic E-state index is 5.89. The molecule has 0 aliphatic rings. The largest absolute Gasteiger partial charge is 0.383 e. The van der Waals surface area contributed by atoms with Crippen LogP contribution >= 0.6 is 0 Å². The molecule has 2 heterocycles. The van der Waals surface area contributed by atoms with E-state index in [1.807, 2.05) is 6.07 Å². The molecule has 2 aromatic rings. The topological polar surface area (TPSA) is 69.1 Å². The molecular formula is C13H21N5. The number of fused-ring (bicyclic) bond motifs is 1. The van der Waals surface area contributed by atoms with Crippen LogP contribution in [0, 0.1) is 0 Å². The van der Waals surface area contributed by atoms with Crippen LogP contribution in [-0.2, 0) is 6.42 Å². The highest BCUT2D eigenvalue weighted by Gasteiger charge is 2.04. The van der Waals surface area contributed by atoms with Crippen LogP contribution in [0.15, 0.2) is 12.4 Å². The van der Waals surface area contributed by atoms with E-state index in [1.165, 1.54) is 44.9 Å². The van der Waals surface area contributed by atoms with Gasteiger partial charge in [-0.05, 0) is 12.8 Å². The molecule has 2 N–H and O–H groups in total. The summed E-state index contributed by atoms with van der Waals surface area (Å²) in [4.78, 5) is 8.51. The van der Waals surface area contributed by atoms with Crippen molar-refractivity contribution >= 4 is 11.6 Å². The lowest BCUT2D eigenvalue weighted by molar-refractivity contribution is 0.604. The lowest BCUT2D eigenvalue weighted by Gasteiger charge is -2.03. The Bertz CT molecular complexity index is 491. The van der Waals surface area contributed by atoms with E-state index in [0.717, 1.165) is 12.1 Å². The summed E-state index contributed by atoms with van der Waals surface area (Å²) in [5.74, 6) is 1.20. The molecule has 0 spiro atoms. The van der Waals surface area contributed by atoms with Gasteiger partial charge in [0.05, 0.1) is 0 Å². The van der Waals surface area contributed by atoms with Crippen molar-refractivity contribution in [2.75, 3.05) is 5.73 Å². The smallest absolute Gasteiger partial charge is 0.254 e. The standard InChI is InChI=1S/C13H21N5/c1-2-3-4-5-6-7-8-11-9-12(14)18-13(17-11)15-10-16-18/h9-10H,2-8,14H2,1H3. The predicted octanol–water partition coefficient (Wildman–Crippen LogP) is 2.61. The van der Waals surface area contributed by atoms with Crippen molar-refractivity contribution in [3.63, 3.8) is 0 Å². The number of aryl methyl sites for hydroxylation is 1. The molecule has 5 nitrogen and oxygen atoms in total. The normalized spacial score (nSPS) is 11.2. The van der Waals surface area contributed by atoms with Gasteiger partial charge in [-0.25, -0.2) is 4.98 Å². The number of hydrogen-bond donors (Lipinski definition) is 1. The Balaban J connectivity index is 1.84. The molecule has 0 aliphatic carbocycles. The van der Waals surface area contributed by atoms with E-state index in [2.05, 4.69) is 22.0 Å². The van der Waals surface area contributed by atoms with Crippen LogP contribution in [0.1, 0.15) is 51.1 Å². The number of unbranched alkanes of at least 4 members (excludes halogenated alkanes) is 5. The first kappa shape index (κ1) is 12.8. The second kappa shape index (κ2) is 6.33. The van der Waals surface area contributed by atoms with Gasteiger partial charge in [-0.15, -0.1) is 0 Å². The Hall–Kier alpha value is -1.65. The molecule has 18 heavy (non-hydrogen) atoms.